The summed E-state index contributed by atoms with van der Waals surface area (Å²) in [4.78, 5) is 11.1. The summed E-state index contributed by atoms with van der Waals surface area (Å²) in [6.45, 7) is 4.23. The number of ether oxygens (including phenoxy) is 2. The maximum Gasteiger partial charge on any atom is 0.231 e. The molecule has 0 fully saturated rings. The minimum atomic E-state index is 0.292. The van der Waals surface area contributed by atoms with Gasteiger partial charge < -0.3 is 14.3 Å². The summed E-state index contributed by atoms with van der Waals surface area (Å²) >= 11 is 0. The number of rotatable bonds is 10. The molecule has 0 spiro atoms. The van der Waals surface area contributed by atoms with E-state index < -0.39 is 0 Å². The number of aryl methyl sites for hydroxylation is 1. The molecule has 0 saturated heterocycles. The highest BCUT2D eigenvalue weighted by Crippen LogP contribution is 2.32. The Balaban J connectivity index is 1.84. The predicted octanol–water partition coefficient (Wildman–Crippen LogP) is 5.22. The molecule has 0 amide bonds. The van der Waals surface area contributed by atoms with Gasteiger partial charge in [-0.2, -0.15) is 0 Å². The lowest BCUT2D eigenvalue weighted by Gasteiger charge is -2.07. The van der Waals surface area contributed by atoms with Crippen molar-refractivity contribution in [3.05, 3.63) is 35.4 Å². The van der Waals surface area contributed by atoms with Gasteiger partial charge in [-0.15, -0.1) is 0 Å². The molecule has 3 heteroatoms. The Labute approximate surface area is 139 Å². The first kappa shape index (κ1) is 17.6. The van der Waals surface area contributed by atoms with Crippen LogP contribution in [0.2, 0.25) is 0 Å². The van der Waals surface area contributed by atoms with Gasteiger partial charge in [0.2, 0.25) is 6.79 Å². The Morgan fingerprint density at radius 3 is 2.70 bits per heavy atom. The largest absolute Gasteiger partial charge is 0.454 e. The molecule has 2 rings (SSSR count). The number of Topliss-reactive ketones (excluding diaryl/α,β-unsaturated/α-hetero) is 1. The van der Waals surface area contributed by atoms with Crippen molar-refractivity contribution in [3.63, 3.8) is 0 Å². The van der Waals surface area contributed by atoms with E-state index in [4.69, 9.17) is 9.47 Å². The summed E-state index contributed by atoms with van der Waals surface area (Å²) in [5, 5.41) is 0. The molecule has 0 saturated carbocycles. The summed E-state index contributed by atoms with van der Waals surface area (Å²) in [6, 6.07) is 6.19. The van der Waals surface area contributed by atoms with E-state index in [0.717, 1.165) is 43.6 Å². The minimum absolute atomic E-state index is 0.292. The van der Waals surface area contributed by atoms with Gasteiger partial charge in [-0.05, 0) is 63.1 Å². The van der Waals surface area contributed by atoms with Crippen molar-refractivity contribution < 1.29 is 14.3 Å². The van der Waals surface area contributed by atoms with E-state index in [1.54, 1.807) is 6.92 Å². The fourth-order valence-electron chi connectivity index (χ4n) is 2.84. The van der Waals surface area contributed by atoms with E-state index in [0.29, 0.717) is 19.0 Å². The molecule has 0 aromatic heterocycles. The number of carbonyl (C=O) groups excluding carboxylic acids is 1. The second-order valence-corrected chi connectivity index (χ2v) is 6.25. The molecule has 0 radical (unpaired) electrons. The zero-order valence-corrected chi connectivity index (χ0v) is 14.4. The van der Waals surface area contributed by atoms with Crippen LogP contribution in [0.3, 0.4) is 0 Å². The SMILES string of the molecule is CCCC/C(=C\CCc1ccc2c(c1)OCO2)CCCC(C)=O. The standard InChI is InChI=1S/C20H28O3/c1-3-4-8-17(9-5-7-16(2)21)10-6-11-18-12-13-19-20(14-18)23-15-22-19/h10,12-14H,3-9,11,15H2,1-2H3/b17-10+. The first-order chi connectivity index (χ1) is 11.2. The summed E-state index contributed by atoms with van der Waals surface area (Å²) in [5.41, 5.74) is 2.79. The Bertz CT molecular complexity index is 546. The van der Waals surface area contributed by atoms with E-state index in [1.165, 1.54) is 24.0 Å². The molecule has 0 unspecified atom stereocenters. The number of allylic oxidation sites excluding steroid dienone is 2. The van der Waals surface area contributed by atoms with Crippen LogP contribution in [0.1, 0.15) is 64.4 Å². The predicted molar refractivity (Wildman–Crippen MR) is 93.0 cm³/mol. The van der Waals surface area contributed by atoms with Crippen LogP contribution in [0, 0.1) is 0 Å². The fraction of sp³-hybridized carbons (Fsp3) is 0.550. The molecular formula is C20H28O3. The Morgan fingerprint density at radius 2 is 1.91 bits per heavy atom. The summed E-state index contributed by atoms with van der Waals surface area (Å²) in [7, 11) is 0. The third kappa shape index (κ3) is 6.09. The summed E-state index contributed by atoms with van der Waals surface area (Å²) in [6.07, 6.45) is 10.8. The van der Waals surface area contributed by atoms with Crippen molar-refractivity contribution in [2.24, 2.45) is 0 Å². The normalized spacial score (nSPS) is 13.4. The number of carbonyl (C=O) groups is 1. The van der Waals surface area contributed by atoms with Gasteiger partial charge in [0.1, 0.15) is 5.78 Å². The zero-order chi connectivity index (χ0) is 16.5. The molecule has 1 aliphatic heterocycles. The smallest absolute Gasteiger partial charge is 0.231 e. The van der Waals surface area contributed by atoms with Gasteiger partial charge >= 0.3 is 0 Å². The number of hydrogen-bond acceptors (Lipinski definition) is 3. The van der Waals surface area contributed by atoms with Crippen LogP contribution >= 0.6 is 0 Å². The number of unbranched alkanes of at least 4 members (excludes halogenated alkanes) is 1. The lowest BCUT2D eigenvalue weighted by Crippen LogP contribution is -1.93. The van der Waals surface area contributed by atoms with E-state index in [1.807, 2.05) is 6.07 Å². The van der Waals surface area contributed by atoms with Crippen molar-refractivity contribution in [3.8, 4) is 11.5 Å². The molecule has 0 N–H and O–H groups in total. The molecule has 126 valence electrons. The molecular weight excluding hydrogens is 288 g/mol. The van der Waals surface area contributed by atoms with Gasteiger partial charge in [0.05, 0.1) is 0 Å². The van der Waals surface area contributed by atoms with E-state index in [-0.39, 0.29) is 0 Å². The van der Waals surface area contributed by atoms with Crippen molar-refractivity contribution >= 4 is 5.78 Å². The Kier molecular flexibility index (Phi) is 7.18. The topological polar surface area (TPSA) is 35.5 Å². The Hall–Kier alpha value is -1.77. The van der Waals surface area contributed by atoms with Crippen molar-refractivity contribution in [2.45, 2.75) is 65.2 Å². The first-order valence-electron chi connectivity index (χ1n) is 8.75. The minimum Gasteiger partial charge on any atom is -0.454 e. The van der Waals surface area contributed by atoms with Crippen LogP contribution < -0.4 is 9.47 Å². The molecule has 0 atom stereocenters. The van der Waals surface area contributed by atoms with Crippen LogP contribution in [-0.2, 0) is 11.2 Å². The maximum absolute atomic E-state index is 11.1. The lowest BCUT2D eigenvalue weighted by atomic mass is 9.99. The highest BCUT2D eigenvalue weighted by Gasteiger charge is 2.12. The average Bonchev–Trinajstić information content (AvgIpc) is 2.99. The monoisotopic (exact) mass is 316 g/mol. The average molecular weight is 316 g/mol. The van der Waals surface area contributed by atoms with Gasteiger partial charge in [0.15, 0.2) is 11.5 Å². The van der Waals surface area contributed by atoms with Crippen molar-refractivity contribution in [1.29, 1.82) is 0 Å². The van der Waals surface area contributed by atoms with Gasteiger partial charge in [0.25, 0.3) is 0 Å². The number of fused-ring (bicyclic) bond motifs is 1. The molecule has 3 nitrogen and oxygen atoms in total. The van der Waals surface area contributed by atoms with Gasteiger partial charge in [-0.3, -0.25) is 0 Å². The van der Waals surface area contributed by atoms with Gasteiger partial charge in [0, 0.05) is 6.42 Å². The molecule has 23 heavy (non-hydrogen) atoms. The lowest BCUT2D eigenvalue weighted by molar-refractivity contribution is -0.117. The molecule has 1 heterocycles. The maximum atomic E-state index is 11.1. The van der Waals surface area contributed by atoms with Crippen LogP contribution in [0.15, 0.2) is 29.8 Å². The third-order valence-corrected chi connectivity index (χ3v) is 4.18. The molecule has 1 aliphatic rings. The second-order valence-electron chi connectivity index (χ2n) is 6.25. The van der Waals surface area contributed by atoms with Crippen LogP contribution in [-0.4, -0.2) is 12.6 Å². The summed E-state index contributed by atoms with van der Waals surface area (Å²) < 4.78 is 10.8. The highest BCUT2D eigenvalue weighted by molar-refractivity contribution is 5.75. The van der Waals surface area contributed by atoms with E-state index >= 15 is 0 Å². The number of benzene rings is 1. The molecule has 0 aliphatic carbocycles. The zero-order valence-electron chi connectivity index (χ0n) is 14.4. The number of ketones is 1. The molecule has 1 aromatic carbocycles. The van der Waals surface area contributed by atoms with Crippen LogP contribution in [0.5, 0.6) is 11.5 Å². The quantitative estimate of drug-likeness (QED) is 0.555. The first-order valence-corrected chi connectivity index (χ1v) is 8.75. The van der Waals surface area contributed by atoms with Crippen LogP contribution in [0.4, 0.5) is 0 Å². The van der Waals surface area contributed by atoms with Crippen molar-refractivity contribution in [1.82, 2.24) is 0 Å². The van der Waals surface area contributed by atoms with E-state index in [9.17, 15) is 4.79 Å². The third-order valence-electron chi connectivity index (χ3n) is 4.18. The molecule has 1 aromatic rings. The highest BCUT2D eigenvalue weighted by atomic mass is 16.7. The fourth-order valence-corrected chi connectivity index (χ4v) is 2.84. The second kappa shape index (κ2) is 9.39. The van der Waals surface area contributed by atoms with Crippen molar-refractivity contribution in [2.75, 3.05) is 6.79 Å². The van der Waals surface area contributed by atoms with Gasteiger partial charge in [-0.25, -0.2) is 0 Å². The molecule has 0 bridgehead atoms. The summed E-state index contributed by atoms with van der Waals surface area (Å²) in [5.74, 6) is 2.00. The number of hydrogen-bond donors (Lipinski definition) is 0. The van der Waals surface area contributed by atoms with Gasteiger partial charge in [-0.1, -0.05) is 31.1 Å². The van der Waals surface area contributed by atoms with E-state index in [2.05, 4.69) is 25.1 Å². The van der Waals surface area contributed by atoms with Crippen LogP contribution in [0.25, 0.3) is 0 Å². The Morgan fingerprint density at radius 1 is 1.13 bits per heavy atom.